The molecule has 0 saturated carbocycles. The van der Waals surface area contributed by atoms with E-state index in [0.29, 0.717) is 5.46 Å². The summed E-state index contributed by atoms with van der Waals surface area (Å²) in [5.41, 5.74) is 1.88. The second kappa shape index (κ2) is 3.84. The average Bonchev–Trinajstić information content (AvgIpc) is 2.65. The normalized spacial score (nSPS) is 10.3. The van der Waals surface area contributed by atoms with E-state index in [9.17, 15) is 0 Å². The fourth-order valence-electron chi connectivity index (χ4n) is 1.31. The molecule has 0 spiro atoms. The molecule has 5 nitrogen and oxygen atoms in total. The summed E-state index contributed by atoms with van der Waals surface area (Å²) in [5, 5.41) is 22.2. The number of rotatable bonds is 2. The highest BCUT2D eigenvalue weighted by atomic mass is 16.4. The second-order valence-corrected chi connectivity index (χ2v) is 3.26. The molecule has 0 aliphatic heterocycles. The van der Waals surface area contributed by atoms with E-state index in [-0.39, 0.29) is 0 Å². The van der Waals surface area contributed by atoms with Gasteiger partial charge in [0.2, 0.25) is 0 Å². The predicted octanol–water partition coefficient (Wildman–Crippen LogP) is -0.838. The molecular formula is C9H10BN3O2. The van der Waals surface area contributed by atoms with Crippen molar-refractivity contribution in [1.29, 1.82) is 0 Å². The molecule has 0 saturated heterocycles. The molecule has 0 aliphatic rings. The Bertz CT molecular complexity index is 470. The summed E-state index contributed by atoms with van der Waals surface area (Å²) >= 11 is 0. The number of aryl methyl sites for hydroxylation is 1. The fraction of sp³-hybridized carbons (Fsp3) is 0.111. The van der Waals surface area contributed by atoms with Gasteiger partial charge in [-0.3, -0.25) is 9.67 Å². The van der Waals surface area contributed by atoms with Gasteiger partial charge in [-0.2, -0.15) is 5.10 Å². The first kappa shape index (κ1) is 9.88. The van der Waals surface area contributed by atoms with Crippen LogP contribution in [0.25, 0.3) is 11.3 Å². The quantitative estimate of drug-likeness (QED) is 0.624. The smallest absolute Gasteiger partial charge is 0.423 e. The van der Waals surface area contributed by atoms with Gasteiger partial charge in [0.25, 0.3) is 0 Å². The van der Waals surface area contributed by atoms with Crippen molar-refractivity contribution in [1.82, 2.24) is 14.8 Å². The Morgan fingerprint density at radius 1 is 1.33 bits per heavy atom. The number of pyridine rings is 1. The van der Waals surface area contributed by atoms with Crippen LogP contribution in [0.3, 0.4) is 0 Å². The Hall–Kier alpha value is -1.66. The molecule has 0 atom stereocenters. The van der Waals surface area contributed by atoms with E-state index in [0.717, 1.165) is 11.3 Å². The molecule has 0 bridgehead atoms. The van der Waals surface area contributed by atoms with Crippen molar-refractivity contribution in [2.75, 3.05) is 0 Å². The lowest BCUT2D eigenvalue weighted by atomic mass is 9.81. The van der Waals surface area contributed by atoms with Gasteiger partial charge in [-0.1, -0.05) is 0 Å². The summed E-state index contributed by atoms with van der Waals surface area (Å²) < 4.78 is 1.68. The second-order valence-electron chi connectivity index (χ2n) is 3.26. The third kappa shape index (κ3) is 2.06. The van der Waals surface area contributed by atoms with Crippen LogP contribution in [0.5, 0.6) is 0 Å². The highest BCUT2D eigenvalue weighted by Gasteiger charge is 2.12. The summed E-state index contributed by atoms with van der Waals surface area (Å²) in [5.74, 6) is 0. The summed E-state index contributed by atoms with van der Waals surface area (Å²) in [7, 11) is 0.322. The van der Waals surface area contributed by atoms with Crippen molar-refractivity contribution in [2.45, 2.75) is 0 Å². The van der Waals surface area contributed by atoms with Crippen molar-refractivity contribution >= 4 is 12.6 Å². The van der Waals surface area contributed by atoms with Gasteiger partial charge in [0.05, 0.1) is 5.69 Å². The van der Waals surface area contributed by atoms with Crippen LogP contribution in [-0.4, -0.2) is 31.9 Å². The Balaban J connectivity index is 2.41. The fourth-order valence-corrected chi connectivity index (χ4v) is 1.31. The minimum absolute atomic E-state index is 0.359. The third-order valence-corrected chi connectivity index (χ3v) is 2.07. The van der Waals surface area contributed by atoms with Crippen molar-refractivity contribution in [2.24, 2.45) is 7.05 Å². The highest BCUT2D eigenvalue weighted by Crippen LogP contribution is 2.13. The monoisotopic (exact) mass is 203 g/mol. The number of hydrogen-bond acceptors (Lipinski definition) is 4. The van der Waals surface area contributed by atoms with Crippen LogP contribution in [0, 0.1) is 0 Å². The molecule has 6 heteroatoms. The number of hydrogen-bond donors (Lipinski definition) is 2. The zero-order valence-electron chi connectivity index (χ0n) is 8.20. The molecule has 0 amide bonds. The first-order valence-corrected chi connectivity index (χ1v) is 4.48. The van der Waals surface area contributed by atoms with Crippen molar-refractivity contribution in [3.8, 4) is 11.3 Å². The van der Waals surface area contributed by atoms with Gasteiger partial charge in [0.1, 0.15) is 0 Å². The molecule has 0 fully saturated rings. The molecule has 0 aliphatic carbocycles. The zero-order valence-corrected chi connectivity index (χ0v) is 8.20. The largest absolute Gasteiger partial charge is 0.490 e. The van der Waals surface area contributed by atoms with Gasteiger partial charge < -0.3 is 10.0 Å². The van der Waals surface area contributed by atoms with E-state index in [1.807, 2.05) is 19.3 Å². The van der Waals surface area contributed by atoms with E-state index in [4.69, 9.17) is 10.0 Å². The maximum absolute atomic E-state index is 8.99. The predicted molar refractivity (Wildman–Crippen MR) is 56.3 cm³/mol. The van der Waals surface area contributed by atoms with E-state index in [1.54, 1.807) is 16.9 Å². The van der Waals surface area contributed by atoms with Gasteiger partial charge in [-0.05, 0) is 12.1 Å². The Morgan fingerprint density at radius 2 is 2.13 bits per heavy atom. The summed E-state index contributed by atoms with van der Waals surface area (Å²) in [6.45, 7) is 0. The molecule has 2 N–H and O–H groups in total. The lowest BCUT2D eigenvalue weighted by molar-refractivity contribution is 0.425. The molecule has 2 rings (SSSR count). The van der Waals surface area contributed by atoms with Gasteiger partial charge in [-0.15, -0.1) is 0 Å². The molecular weight excluding hydrogens is 193 g/mol. The molecule has 0 unspecified atom stereocenters. The van der Waals surface area contributed by atoms with Crippen molar-refractivity contribution < 1.29 is 10.0 Å². The molecule has 2 aromatic rings. The number of aromatic nitrogens is 3. The lowest BCUT2D eigenvalue weighted by Crippen LogP contribution is -2.30. The minimum Gasteiger partial charge on any atom is -0.423 e. The average molecular weight is 203 g/mol. The summed E-state index contributed by atoms with van der Waals surface area (Å²) in [4.78, 5) is 3.92. The van der Waals surface area contributed by atoms with Crippen LogP contribution in [0.15, 0.2) is 30.7 Å². The first-order chi connectivity index (χ1) is 7.16. The molecule has 2 aromatic heterocycles. The molecule has 0 radical (unpaired) electrons. The highest BCUT2D eigenvalue weighted by molar-refractivity contribution is 6.58. The summed E-state index contributed by atoms with van der Waals surface area (Å²) in [6, 6.07) is 3.49. The van der Waals surface area contributed by atoms with E-state index in [2.05, 4.69) is 10.1 Å². The topological polar surface area (TPSA) is 71.2 Å². The van der Waals surface area contributed by atoms with Gasteiger partial charge >= 0.3 is 7.12 Å². The van der Waals surface area contributed by atoms with Crippen molar-refractivity contribution in [3.05, 3.63) is 30.7 Å². The lowest BCUT2D eigenvalue weighted by Gasteiger charge is -2.00. The van der Waals surface area contributed by atoms with Crippen molar-refractivity contribution in [3.63, 3.8) is 0 Å². The maximum atomic E-state index is 8.99. The van der Waals surface area contributed by atoms with Gasteiger partial charge in [0, 0.05) is 36.7 Å². The third-order valence-electron chi connectivity index (χ3n) is 2.07. The van der Waals surface area contributed by atoms with E-state index >= 15 is 0 Å². The van der Waals surface area contributed by atoms with Crippen LogP contribution in [0.1, 0.15) is 0 Å². The van der Waals surface area contributed by atoms with Crippen LogP contribution in [-0.2, 0) is 7.05 Å². The number of nitrogens with zero attached hydrogens (tertiary/aromatic N) is 3. The molecule has 76 valence electrons. The van der Waals surface area contributed by atoms with Crippen LogP contribution < -0.4 is 5.46 Å². The zero-order chi connectivity index (χ0) is 10.8. The van der Waals surface area contributed by atoms with Crippen LogP contribution >= 0.6 is 0 Å². The Morgan fingerprint density at radius 3 is 2.73 bits per heavy atom. The standard InChI is InChI=1S/C9H10BN3O2/c1-13-3-2-9(12-13)7-4-8(10(14)15)6-11-5-7/h2-6,14-15H,1H3. The molecule has 0 aromatic carbocycles. The SMILES string of the molecule is Cn1ccc(-c2cncc(B(O)O)c2)n1. The van der Waals surface area contributed by atoms with Crippen LogP contribution in [0.2, 0.25) is 0 Å². The molecule has 2 heterocycles. The Kier molecular flexibility index (Phi) is 2.53. The maximum Gasteiger partial charge on any atom is 0.490 e. The van der Waals surface area contributed by atoms with E-state index in [1.165, 1.54) is 6.20 Å². The van der Waals surface area contributed by atoms with Crippen LogP contribution in [0.4, 0.5) is 0 Å². The molecule has 15 heavy (non-hydrogen) atoms. The van der Waals surface area contributed by atoms with Gasteiger partial charge in [0.15, 0.2) is 0 Å². The van der Waals surface area contributed by atoms with Gasteiger partial charge in [-0.25, -0.2) is 0 Å². The summed E-state index contributed by atoms with van der Waals surface area (Å²) in [6.07, 6.45) is 4.86. The minimum atomic E-state index is -1.50. The van der Waals surface area contributed by atoms with E-state index < -0.39 is 7.12 Å². The Labute approximate surface area is 87.2 Å². The first-order valence-electron chi connectivity index (χ1n) is 4.48.